The molecule has 2 aliphatic rings. The van der Waals surface area contributed by atoms with Crippen LogP contribution in [0.4, 0.5) is 0 Å². The van der Waals surface area contributed by atoms with Crippen LogP contribution in [-0.4, -0.2) is 78.3 Å². The van der Waals surface area contributed by atoms with Crippen molar-refractivity contribution in [2.45, 2.75) is 19.4 Å². The monoisotopic (exact) mass is 467 g/mol. The molecule has 1 aromatic heterocycles. The molecule has 4 rings (SSSR count). The largest absolute Gasteiger partial charge is 0.379 e. The zero-order valence-corrected chi connectivity index (χ0v) is 18.9. The van der Waals surface area contributed by atoms with Gasteiger partial charge in [0.15, 0.2) is 0 Å². The highest BCUT2D eigenvalue weighted by Crippen LogP contribution is 2.28. The molecule has 0 saturated carbocycles. The van der Waals surface area contributed by atoms with Crippen molar-refractivity contribution in [3.63, 3.8) is 0 Å². The van der Waals surface area contributed by atoms with Gasteiger partial charge in [-0.3, -0.25) is 14.6 Å². The second-order valence-corrected chi connectivity index (χ2v) is 8.80. The summed E-state index contributed by atoms with van der Waals surface area (Å²) in [6, 6.07) is 5.17. The second-order valence-electron chi connectivity index (χ2n) is 7.96. The number of amides is 1. The molecule has 1 aromatic carbocycles. The summed E-state index contributed by atoms with van der Waals surface area (Å²) in [5, 5.41) is 8.18. The van der Waals surface area contributed by atoms with E-state index >= 15 is 0 Å². The Morgan fingerprint density at radius 1 is 1.19 bits per heavy atom. The minimum Gasteiger partial charge on any atom is -0.379 e. The van der Waals surface area contributed by atoms with Crippen LogP contribution in [0, 0.1) is 5.92 Å². The molecule has 0 aliphatic carbocycles. The molecule has 2 saturated heterocycles. The third-order valence-electron chi connectivity index (χ3n) is 5.71. The van der Waals surface area contributed by atoms with Gasteiger partial charge in [0.1, 0.15) is 0 Å². The number of aromatic nitrogens is 2. The summed E-state index contributed by atoms with van der Waals surface area (Å²) in [6.45, 7) is 7.03. The summed E-state index contributed by atoms with van der Waals surface area (Å²) in [4.78, 5) is 21.6. The lowest BCUT2D eigenvalue weighted by Gasteiger charge is -2.31. The number of morpholine rings is 1. The first kappa shape index (κ1) is 22.5. The third-order valence-corrected chi connectivity index (χ3v) is 6.25. The summed E-state index contributed by atoms with van der Waals surface area (Å²) < 4.78 is 10.8. The predicted molar refractivity (Wildman–Crippen MR) is 118 cm³/mol. The summed E-state index contributed by atoms with van der Waals surface area (Å²) in [5.41, 5.74) is 0.678. The molecule has 168 valence electrons. The van der Waals surface area contributed by atoms with Crippen LogP contribution in [0.15, 0.2) is 22.7 Å². The molecule has 2 aromatic rings. The first-order chi connectivity index (χ1) is 15.1. The van der Waals surface area contributed by atoms with Crippen molar-refractivity contribution in [1.29, 1.82) is 0 Å². The van der Waals surface area contributed by atoms with Gasteiger partial charge in [0.2, 0.25) is 17.6 Å². The highest BCUT2D eigenvalue weighted by Gasteiger charge is 2.27. The average molecular weight is 468 g/mol. The number of carbonyl (C=O) groups is 1. The minimum absolute atomic E-state index is 0.0217. The molecule has 1 unspecified atom stereocenters. The fourth-order valence-electron chi connectivity index (χ4n) is 4.01. The van der Waals surface area contributed by atoms with E-state index in [-0.39, 0.29) is 11.8 Å². The number of halogens is 2. The molecule has 0 radical (unpaired) electrons. The van der Waals surface area contributed by atoms with Gasteiger partial charge in [-0.15, -0.1) is 0 Å². The van der Waals surface area contributed by atoms with Crippen LogP contribution < -0.4 is 5.32 Å². The number of piperidine rings is 1. The lowest BCUT2D eigenvalue weighted by Crippen LogP contribution is -2.45. The molecule has 1 N–H and O–H groups in total. The molecule has 1 amide bonds. The number of hydrogen-bond donors (Lipinski definition) is 1. The standard InChI is InChI=1S/C21H27Cl2N5O3/c22-16-3-4-17(18(23)12-16)20-25-19(31-26-20)14-28-6-1-2-15(13-28)21(29)24-5-7-27-8-10-30-11-9-27/h3-4,12,15H,1-2,5-11,13-14H2,(H,24,29). The summed E-state index contributed by atoms with van der Waals surface area (Å²) in [5.74, 6) is 1.05. The molecule has 31 heavy (non-hydrogen) atoms. The normalized spacial score (nSPS) is 20.6. The van der Waals surface area contributed by atoms with Crippen LogP contribution in [0.2, 0.25) is 10.0 Å². The molecule has 0 bridgehead atoms. The van der Waals surface area contributed by atoms with Crippen molar-refractivity contribution >= 4 is 29.1 Å². The lowest BCUT2D eigenvalue weighted by atomic mass is 9.97. The minimum atomic E-state index is -0.0217. The Labute approximate surface area is 191 Å². The van der Waals surface area contributed by atoms with Crippen molar-refractivity contribution < 1.29 is 14.1 Å². The van der Waals surface area contributed by atoms with Gasteiger partial charge in [-0.05, 0) is 37.6 Å². The number of carbonyl (C=O) groups excluding carboxylic acids is 1. The number of nitrogens with one attached hydrogen (secondary N) is 1. The second kappa shape index (κ2) is 10.7. The van der Waals surface area contributed by atoms with E-state index in [9.17, 15) is 4.79 Å². The SMILES string of the molecule is O=C(NCCN1CCOCC1)C1CCCN(Cc2nc(-c3ccc(Cl)cc3Cl)no2)C1. The maximum Gasteiger partial charge on any atom is 0.241 e. The zero-order valence-electron chi connectivity index (χ0n) is 17.4. The van der Waals surface area contributed by atoms with E-state index in [1.54, 1.807) is 18.2 Å². The molecular weight excluding hydrogens is 441 g/mol. The van der Waals surface area contributed by atoms with E-state index < -0.39 is 0 Å². The van der Waals surface area contributed by atoms with Gasteiger partial charge in [-0.1, -0.05) is 28.4 Å². The number of likely N-dealkylation sites (tertiary alicyclic amines) is 1. The van der Waals surface area contributed by atoms with E-state index in [4.69, 9.17) is 32.5 Å². The van der Waals surface area contributed by atoms with E-state index in [0.29, 0.717) is 47.0 Å². The summed E-state index contributed by atoms with van der Waals surface area (Å²) in [6.07, 6.45) is 1.86. The van der Waals surface area contributed by atoms with Gasteiger partial charge in [-0.2, -0.15) is 4.98 Å². The first-order valence-electron chi connectivity index (χ1n) is 10.7. The van der Waals surface area contributed by atoms with Crippen molar-refractivity contribution in [3.05, 3.63) is 34.1 Å². The summed E-state index contributed by atoms with van der Waals surface area (Å²) >= 11 is 12.2. The van der Waals surface area contributed by atoms with Crippen LogP contribution in [0.25, 0.3) is 11.4 Å². The average Bonchev–Trinajstić information content (AvgIpc) is 3.22. The highest BCUT2D eigenvalue weighted by molar-refractivity contribution is 6.36. The predicted octanol–water partition coefficient (Wildman–Crippen LogP) is 2.70. The first-order valence-corrected chi connectivity index (χ1v) is 11.4. The molecule has 8 nitrogen and oxygen atoms in total. The summed E-state index contributed by atoms with van der Waals surface area (Å²) in [7, 11) is 0. The molecular formula is C21H27Cl2N5O3. The van der Waals surface area contributed by atoms with Crippen molar-refractivity contribution in [2.24, 2.45) is 5.92 Å². The highest BCUT2D eigenvalue weighted by atomic mass is 35.5. The molecule has 2 aliphatic heterocycles. The quantitative estimate of drug-likeness (QED) is 0.669. The number of nitrogens with zero attached hydrogens (tertiary/aromatic N) is 4. The van der Waals surface area contributed by atoms with Gasteiger partial charge >= 0.3 is 0 Å². The topological polar surface area (TPSA) is 83.7 Å². The van der Waals surface area contributed by atoms with Gasteiger partial charge < -0.3 is 14.6 Å². The molecule has 10 heteroatoms. The Kier molecular flexibility index (Phi) is 7.79. The lowest BCUT2D eigenvalue weighted by molar-refractivity contribution is -0.126. The van der Waals surface area contributed by atoms with Gasteiger partial charge in [-0.25, -0.2) is 0 Å². The number of benzene rings is 1. The number of rotatable bonds is 7. The fourth-order valence-corrected chi connectivity index (χ4v) is 4.50. The molecule has 0 spiro atoms. The number of hydrogen-bond acceptors (Lipinski definition) is 7. The zero-order chi connectivity index (χ0) is 21.6. The van der Waals surface area contributed by atoms with E-state index in [1.165, 1.54) is 0 Å². The number of ether oxygens (including phenoxy) is 1. The maximum absolute atomic E-state index is 12.6. The van der Waals surface area contributed by atoms with Gasteiger partial charge in [0.25, 0.3) is 0 Å². The molecule has 2 fully saturated rings. The van der Waals surface area contributed by atoms with Crippen LogP contribution in [0.3, 0.4) is 0 Å². The van der Waals surface area contributed by atoms with E-state index in [1.807, 2.05) is 0 Å². The van der Waals surface area contributed by atoms with E-state index in [2.05, 4.69) is 25.3 Å². The van der Waals surface area contributed by atoms with E-state index in [0.717, 1.165) is 52.2 Å². The van der Waals surface area contributed by atoms with Crippen LogP contribution >= 0.6 is 23.2 Å². The molecule has 1 atom stereocenters. The Balaban J connectivity index is 1.27. The van der Waals surface area contributed by atoms with Crippen LogP contribution in [0.1, 0.15) is 18.7 Å². The maximum atomic E-state index is 12.6. The van der Waals surface area contributed by atoms with Gasteiger partial charge in [0, 0.05) is 43.3 Å². The third kappa shape index (κ3) is 6.17. The smallest absolute Gasteiger partial charge is 0.241 e. The Morgan fingerprint density at radius 2 is 2.03 bits per heavy atom. The Morgan fingerprint density at radius 3 is 2.84 bits per heavy atom. The van der Waals surface area contributed by atoms with Crippen LogP contribution in [0.5, 0.6) is 0 Å². The molecule has 3 heterocycles. The fraction of sp³-hybridized carbons (Fsp3) is 0.571. The van der Waals surface area contributed by atoms with Crippen molar-refractivity contribution in [3.8, 4) is 11.4 Å². The van der Waals surface area contributed by atoms with Crippen molar-refractivity contribution in [1.82, 2.24) is 25.3 Å². The Bertz CT molecular complexity index is 888. The van der Waals surface area contributed by atoms with Crippen LogP contribution in [-0.2, 0) is 16.1 Å². The van der Waals surface area contributed by atoms with Crippen molar-refractivity contribution in [2.75, 3.05) is 52.5 Å². The van der Waals surface area contributed by atoms with Gasteiger partial charge in [0.05, 0.1) is 30.7 Å². The Hall–Kier alpha value is -1.71.